The van der Waals surface area contributed by atoms with Crippen molar-refractivity contribution in [2.75, 3.05) is 0 Å². The van der Waals surface area contributed by atoms with Crippen LogP contribution in [0.15, 0.2) is 47.7 Å². The Morgan fingerprint density at radius 1 is 1.22 bits per heavy atom. The molecule has 0 unspecified atom stereocenters. The number of carbonyl (C=O) groups is 2. The first-order valence-electron chi connectivity index (χ1n) is 6.78. The summed E-state index contributed by atoms with van der Waals surface area (Å²) in [5, 5.41) is 0. The van der Waals surface area contributed by atoms with Crippen molar-refractivity contribution in [1.29, 1.82) is 0 Å². The molecule has 2 amide bonds. The van der Waals surface area contributed by atoms with E-state index in [0.717, 1.165) is 5.56 Å². The Bertz CT molecular complexity index is 943. The maximum absolute atomic E-state index is 12.3. The number of fused-ring (bicyclic) bond motifs is 1. The Hall–Kier alpha value is -3.42. The van der Waals surface area contributed by atoms with E-state index in [1.807, 2.05) is 6.92 Å². The monoisotopic (exact) mass is 311 g/mol. The second kappa shape index (κ2) is 5.76. The first-order chi connectivity index (χ1) is 11.1. The summed E-state index contributed by atoms with van der Waals surface area (Å²) in [6.45, 7) is 1.88. The summed E-state index contributed by atoms with van der Waals surface area (Å²) < 4.78 is 1.27. The van der Waals surface area contributed by atoms with E-state index in [-0.39, 0.29) is 11.3 Å². The van der Waals surface area contributed by atoms with Gasteiger partial charge < -0.3 is 4.98 Å². The van der Waals surface area contributed by atoms with E-state index in [9.17, 15) is 14.4 Å². The van der Waals surface area contributed by atoms with Gasteiger partial charge in [0, 0.05) is 18.6 Å². The minimum absolute atomic E-state index is 0.168. The third-order valence-electron chi connectivity index (χ3n) is 3.24. The Kier molecular flexibility index (Phi) is 3.63. The Balaban J connectivity index is 1.81. The number of carbonyl (C=O) groups excluding carboxylic acids is 2. The predicted octanol–water partition coefficient (Wildman–Crippen LogP) is 0.406. The molecule has 0 bridgehead atoms. The number of amides is 2. The molecule has 3 aromatic heterocycles. The lowest BCUT2D eigenvalue weighted by molar-refractivity contribution is 0.0843. The maximum atomic E-state index is 12.3. The number of hydrogen-bond acceptors (Lipinski definition) is 4. The fourth-order valence-corrected chi connectivity index (χ4v) is 2.05. The first kappa shape index (κ1) is 14.5. The lowest BCUT2D eigenvalue weighted by Crippen LogP contribution is -2.43. The van der Waals surface area contributed by atoms with Crippen LogP contribution in [-0.4, -0.2) is 26.2 Å². The molecule has 0 aromatic carbocycles. The van der Waals surface area contributed by atoms with Crippen LogP contribution < -0.4 is 16.4 Å². The topological polar surface area (TPSA) is 108 Å². The Morgan fingerprint density at radius 3 is 2.74 bits per heavy atom. The molecule has 0 fully saturated rings. The quantitative estimate of drug-likeness (QED) is 0.595. The van der Waals surface area contributed by atoms with Gasteiger partial charge in [-0.1, -0.05) is 0 Å². The minimum Gasteiger partial charge on any atom is -0.357 e. The summed E-state index contributed by atoms with van der Waals surface area (Å²) in [6.07, 6.45) is 4.32. The smallest absolute Gasteiger partial charge is 0.286 e. The van der Waals surface area contributed by atoms with Crippen LogP contribution in [0.1, 0.15) is 26.4 Å². The van der Waals surface area contributed by atoms with Gasteiger partial charge in [-0.2, -0.15) is 0 Å². The fraction of sp³-hybridized carbons (Fsp3) is 0.0667. The van der Waals surface area contributed by atoms with Crippen molar-refractivity contribution in [3.05, 3.63) is 70.0 Å². The molecule has 8 heteroatoms. The highest BCUT2D eigenvalue weighted by molar-refractivity contribution is 5.98. The summed E-state index contributed by atoms with van der Waals surface area (Å²) in [7, 11) is 0. The first-order valence-corrected chi connectivity index (χ1v) is 6.78. The number of nitrogens with zero attached hydrogens (tertiary/aromatic N) is 2. The van der Waals surface area contributed by atoms with Crippen molar-refractivity contribution in [1.82, 2.24) is 25.2 Å². The number of rotatable bonds is 2. The SMILES string of the molecule is Cc1ccn2c(=O)c(C(=O)NNC(=O)c3ccc[nH]3)cnc2c1. The molecule has 116 valence electrons. The van der Waals surface area contributed by atoms with E-state index in [2.05, 4.69) is 20.8 Å². The second-order valence-corrected chi connectivity index (χ2v) is 4.90. The van der Waals surface area contributed by atoms with E-state index < -0.39 is 17.4 Å². The second-order valence-electron chi connectivity index (χ2n) is 4.90. The highest BCUT2D eigenvalue weighted by Gasteiger charge is 2.14. The van der Waals surface area contributed by atoms with E-state index in [0.29, 0.717) is 5.65 Å². The average molecular weight is 311 g/mol. The molecular weight excluding hydrogens is 298 g/mol. The summed E-state index contributed by atoms with van der Waals surface area (Å²) in [5.41, 5.74) is 5.42. The highest BCUT2D eigenvalue weighted by atomic mass is 16.2. The molecular formula is C15H13N5O3. The third kappa shape index (κ3) is 2.82. The van der Waals surface area contributed by atoms with Crippen molar-refractivity contribution >= 4 is 17.5 Å². The lowest BCUT2D eigenvalue weighted by atomic mass is 10.2. The van der Waals surface area contributed by atoms with Gasteiger partial charge in [0.1, 0.15) is 16.9 Å². The van der Waals surface area contributed by atoms with Crippen molar-refractivity contribution in [3.8, 4) is 0 Å². The van der Waals surface area contributed by atoms with Gasteiger partial charge in [0.05, 0.1) is 0 Å². The van der Waals surface area contributed by atoms with Crippen LogP contribution in [0.2, 0.25) is 0 Å². The van der Waals surface area contributed by atoms with Gasteiger partial charge >= 0.3 is 0 Å². The number of hydrogen-bond donors (Lipinski definition) is 3. The van der Waals surface area contributed by atoms with Gasteiger partial charge in [0.25, 0.3) is 17.4 Å². The third-order valence-corrected chi connectivity index (χ3v) is 3.24. The predicted molar refractivity (Wildman–Crippen MR) is 81.9 cm³/mol. The molecule has 0 aliphatic carbocycles. The molecule has 0 saturated carbocycles. The number of aromatic nitrogens is 3. The average Bonchev–Trinajstić information content (AvgIpc) is 3.07. The molecule has 3 rings (SSSR count). The molecule has 0 aliphatic rings. The van der Waals surface area contributed by atoms with Crippen LogP contribution in [0.5, 0.6) is 0 Å². The number of aryl methyl sites for hydroxylation is 1. The van der Waals surface area contributed by atoms with Crippen LogP contribution in [-0.2, 0) is 0 Å². The zero-order chi connectivity index (χ0) is 16.4. The van der Waals surface area contributed by atoms with Crippen LogP contribution in [0.4, 0.5) is 0 Å². The zero-order valence-corrected chi connectivity index (χ0v) is 12.2. The van der Waals surface area contributed by atoms with Gasteiger partial charge in [-0.3, -0.25) is 29.6 Å². The summed E-state index contributed by atoms with van der Waals surface area (Å²) in [5.74, 6) is -1.26. The van der Waals surface area contributed by atoms with Crippen LogP contribution >= 0.6 is 0 Å². The summed E-state index contributed by atoms with van der Waals surface area (Å²) in [6, 6.07) is 6.68. The van der Waals surface area contributed by atoms with Gasteiger partial charge in [-0.15, -0.1) is 0 Å². The zero-order valence-electron chi connectivity index (χ0n) is 12.2. The van der Waals surface area contributed by atoms with Crippen molar-refractivity contribution < 1.29 is 9.59 Å². The molecule has 0 radical (unpaired) electrons. The number of H-pyrrole nitrogens is 1. The van der Waals surface area contributed by atoms with Crippen LogP contribution in [0.25, 0.3) is 5.65 Å². The standard InChI is InChI=1S/C15H13N5O3/c1-9-4-6-20-12(7-9)17-8-10(15(20)23)13(21)18-19-14(22)11-3-2-5-16-11/h2-8,16H,1H3,(H,18,21)(H,19,22). The van der Waals surface area contributed by atoms with E-state index in [4.69, 9.17) is 0 Å². The summed E-state index contributed by atoms with van der Waals surface area (Å²) >= 11 is 0. The highest BCUT2D eigenvalue weighted by Crippen LogP contribution is 2.02. The molecule has 8 nitrogen and oxygen atoms in total. The van der Waals surface area contributed by atoms with Gasteiger partial charge in [0.15, 0.2) is 0 Å². The molecule has 0 aliphatic heterocycles. The number of aromatic amines is 1. The van der Waals surface area contributed by atoms with Crippen molar-refractivity contribution in [2.45, 2.75) is 6.92 Å². The van der Waals surface area contributed by atoms with E-state index in [1.165, 1.54) is 10.6 Å². The normalized spacial score (nSPS) is 10.5. The van der Waals surface area contributed by atoms with Crippen molar-refractivity contribution in [3.63, 3.8) is 0 Å². The Morgan fingerprint density at radius 2 is 2.00 bits per heavy atom. The van der Waals surface area contributed by atoms with Crippen LogP contribution in [0, 0.1) is 6.92 Å². The molecule has 3 heterocycles. The van der Waals surface area contributed by atoms with Crippen LogP contribution in [0.3, 0.4) is 0 Å². The van der Waals surface area contributed by atoms with E-state index in [1.54, 1.807) is 36.7 Å². The number of hydrazine groups is 1. The van der Waals surface area contributed by atoms with Gasteiger partial charge in [-0.05, 0) is 36.8 Å². The number of nitrogens with one attached hydrogen (secondary N) is 3. The van der Waals surface area contributed by atoms with Gasteiger partial charge in [0.2, 0.25) is 0 Å². The number of pyridine rings is 1. The largest absolute Gasteiger partial charge is 0.357 e. The molecule has 0 spiro atoms. The lowest BCUT2D eigenvalue weighted by Gasteiger charge is -2.07. The van der Waals surface area contributed by atoms with Crippen molar-refractivity contribution in [2.24, 2.45) is 0 Å². The van der Waals surface area contributed by atoms with Gasteiger partial charge in [-0.25, -0.2) is 4.98 Å². The Labute approximate surface area is 130 Å². The molecule has 0 saturated heterocycles. The molecule has 3 N–H and O–H groups in total. The molecule has 23 heavy (non-hydrogen) atoms. The maximum Gasteiger partial charge on any atom is 0.286 e. The summed E-state index contributed by atoms with van der Waals surface area (Å²) in [4.78, 5) is 42.9. The fourth-order valence-electron chi connectivity index (χ4n) is 2.05. The minimum atomic E-state index is -0.739. The molecule has 0 atom stereocenters. The molecule has 3 aromatic rings. The van der Waals surface area contributed by atoms with E-state index >= 15 is 0 Å².